The Morgan fingerprint density at radius 2 is 2.13 bits per heavy atom. The van der Waals surface area contributed by atoms with E-state index in [9.17, 15) is 0 Å². The van der Waals surface area contributed by atoms with Crippen molar-refractivity contribution < 1.29 is 0 Å². The van der Waals surface area contributed by atoms with Crippen molar-refractivity contribution in [3.05, 3.63) is 17.7 Å². The Kier molecular flexibility index (Phi) is 3.46. The molecule has 0 spiro atoms. The van der Waals surface area contributed by atoms with Crippen LogP contribution in [-0.2, 0) is 18.4 Å². The molecule has 1 aromatic heterocycles. The number of rotatable bonds is 0. The predicted molar refractivity (Wildman–Crippen MR) is 64.5 cm³/mol. The van der Waals surface area contributed by atoms with Crippen molar-refractivity contribution in [2.24, 2.45) is 5.73 Å². The summed E-state index contributed by atoms with van der Waals surface area (Å²) in [5.41, 5.74) is 7.44. The molecule has 2 rings (SSSR count). The Labute approximate surface area is 97.5 Å². The largest absolute Gasteiger partial charge is 0.330 e. The zero-order chi connectivity index (χ0) is 10.3. The molecule has 3 nitrogen and oxygen atoms in total. The molecule has 1 aromatic rings. The summed E-state index contributed by atoms with van der Waals surface area (Å²) in [7, 11) is 0. The van der Waals surface area contributed by atoms with E-state index < -0.39 is 0 Å². The topological polar surface area (TPSA) is 43.8 Å². The number of aromatic nitrogens is 2. The number of imidazole rings is 1. The van der Waals surface area contributed by atoms with E-state index in [2.05, 4.69) is 30.3 Å². The third-order valence-corrected chi connectivity index (χ3v) is 2.80. The normalized spacial score (nSPS) is 20.7. The van der Waals surface area contributed by atoms with E-state index in [0.29, 0.717) is 6.04 Å². The van der Waals surface area contributed by atoms with Crippen LogP contribution in [0.2, 0.25) is 0 Å². The fraction of sp³-hybridized carbons (Fsp3) is 0.727. The van der Waals surface area contributed by atoms with Crippen LogP contribution in [0.15, 0.2) is 6.20 Å². The van der Waals surface area contributed by atoms with Crippen molar-refractivity contribution in [3.8, 4) is 0 Å². The summed E-state index contributed by atoms with van der Waals surface area (Å²) in [6, 6.07) is 0.304. The summed E-state index contributed by atoms with van der Waals surface area (Å²) in [6.45, 7) is 7.52. The standard InChI is InChI=1S/C11H19N3.ClH/c1-11(2,3)10-13-6-9-5-4-8(12)7-14(9)10;/h6,8H,4-5,7,12H2,1-3H3;1H. The first-order chi connectivity index (χ1) is 6.48. The monoisotopic (exact) mass is 229 g/mol. The SMILES string of the molecule is CC(C)(C)c1ncc2n1CC(N)CC2.Cl. The maximum Gasteiger partial charge on any atom is 0.114 e. The van der Waals surface area contributed by atoms with Crippen LogP contribution in [0.1, 0.15) is 38.7 Å². The highest BCUT2D eigenvalue weighted by atomic mass is 35.5. The van der Waals surface area contributed by atoms with Crippen molar-refractivity contribution in [2.75, 3.05) is 0 Å². The van der Waals surface area contributed by atoms with E-state index in [0.717, 1.165) is 19.4 Å². The van der Waals surface area contributed by atoms with Gasteiger partial charge in [0.1, 0.15) is 5.82 Å². The van der Waals surface area contributed by atoms with Gasteiger partial charge in [0.05, 0.1) is 0 Å². The lowest BCUT2D eigenvalue weighted by Crippen LogP contribution is -2.34. The minimum absolute atomic E-state index is 0. The number of hydrogen-bond donors (Lipinski definition) is 1. The Balaban J connectivity index is 0.00000112. The highest BCUT2D eigenvalue weighted by molar-refractivity contribution is 5.85. The van der Waals surface area contributed by atoms with Gasteiger partial charge in [-0.2, -0.15) is 0 Å². The molecule has 0 saturated heterocycles. The first-order valence-electron chi connectivity index (χ1n) is 5.29. The van der Waals surface area contributed by atoms with Crippen LogP contribution in [0.4, 0.5) is 0 Å². The smallest absolute Gasteiger partial charge is 0.114 e. The molecule has 0 aromatic carbocycles. The minimum atomic E-state index is 0. The highest BCUT2D eigenvalue weighted by Crippen LogP contribution is 2.25. The summed E-state index contributed by atoms with van der Waals surface area (Å²) >= 11 is 0. The summed E-state index contributed by atoms with van der Waals surface area (Å²) in [5, 5.41) is 0. The zero-order valence-electron chi connectivity index (χ0n) is 9.66. The second kappa shape index (κ2) is 4.14. The van der Waals surface area contributed by atoms with Crippen LogP contribution in [0.25, 0.3) is 0 Å². The summed E-state index contributed by atoms with van der Waals surface area (Å²) < 4.78 is 2.30. The van der Waals surface area contributed by atoms with Gasteiger partial charge in [0, 0.05) is 29.9 Å². The third-order valence-electron chi connectivity index (χ3n) is 2.80. The van der Waals surface area contributed by atoms with Gasteiger partial charge in [-0.3, -0.25) is 0 Å². The van der Waals surface area contributed by atoms with E-state index in [1.807, 2.05) is 6.20 Å². The van der Waals surface area contributed by atoms with Crippen LogP contribution >= 0.6 is 12.4 Å². The number of nitrogens with two attached hydrogens (primary N) is 1. The van der Waals surface area contributed by atoms with Crippen LogP contribution in [-0.4, -0.2) is 15.6 Å². The lowest BCUT2D eigenvalue weighted by molar-refractivity contribution is 0.415. The molecule has 2 N–H and O–H groups in total. The quantitative estimate of drug-likeness (QED) is 0.738. The second-order valence-electron chi connectivity index (χ2n) is 5.23. The van der Waals surface area contributed by atoms with Gasteiger partial charge in [-0.05, 0) is 12.8 Å². The Morgan fingerprint density at radius 1 is 1.47 bits per heavy atom. The number of hydrogen-bond acceptors (Lipinski definition) is 2. The Bertz CT molecular complexity index is 338. The molecule has 0 radical (unpaired) electrons. The van der Waals surface area contributed by atoms with Crippen molar-refractivity contribution in [1.29, 1.82) is 0 Å². The van der Waals surface area contributed by atoms with Crippen LogP contribution < -0.4 is 5.73 Å². The average Bonchev–Trinajstić information content (AvgIpc) is 2.45. The zero-order valence-corrected chi connectivity index (χ0v) is 10.5. The van der Waals surface area contributed by atoms with Crippen LogP contribution in [0.3, 0.4) is 0 Å². The molecule has 86 valence electrons. The first kappa shape index (κ1) is 12.5. The second-order valence-corrected chi connectivity index (χ2v) is 5.23. The van der Waals surface area contributed by atoms with Crippen molar-refractivity contribution >= 4 is 12.4 Å². The average molecular weight is 230 g/mol. The molecule has 0 aliphatic carbocycles. The van der Waals surface area contributed by atoms with Crippen LogP contribution in [0.5, 0.6) is 0 Å². The number of fused-ring (bicyclic) bond motifs is 1. The van der Waals surface area contributed by atoms with Gasteiger partial charge in [-0.25, -0.2) is 4.98 Å². The van der Waals surface area contributed by atoms with Gasteiger partial charge in [-0.15, -0.1) is 12.4 Å². The third kappa shape index (κ3) is 2.34. The fourth-order valence-corrected chi connectivity index (χ4v) is 2.07. The molecule has 2 heterocycles. The molecule has 0 bridgehead atoms. The van der Waals surface area contributed by atoms with Crippen molar-refractivity contribution in [2.45, 2.75) is 51.6 Å². The van der Waals surface area contributed by atoms with Crippen molar-refractivity contribution in [3.63, 3.8) is 0 Å². The molecule has 1 atom stereocenters. The maximum atomic E-state index is 5.97. The summed E-state index contributed by atoms with van der Waals surface area (Å²) in [4.78, 5) is 4.51. The van der Waals surface area contributed by atoms with E-state index >= 15 is 0 Å². The molecule has 0 amide bonds. The van der Waals surface area contributed by atoms with Gasteiger partial charge in [0.15, 0.2) is 0 Å². The van der Waals surface area contributed by atoms with Crippen LogP contribution in [0, 0.1) is 0 Å². The molecular formula is C11H20ClN3. The van der Waals surface area contributed by atoms with E-state index in [4.69, 9.17) is 5.73 Å². The molecule has 0 saturated carbocycles. The number of aryl methyl sites for hydroxylation is 1. The lowest BCUT2D eigenvalue weighted by atomic mass is 9.95. The molecule has 4 heteroatoms. The summed E-state index contributed by atoms with van der Waals surface area (Å²) in [6.07, 6.45) is 4.17. The van der Waals surface area contributed by atoms with Gasteiger partial charge >= 0.3 is 0 Å². The molecular weight excluding hydrogens is 210 g/mol. The van der Waals surface area contributed by atoms with E-state index in [1.54, 1.807) is 0 Å². The molecule has 15 heavy (non-hydrogen) atoms. The predicted octanol–water partition coefficient (Wildman–Crippen LogP) is 1.88. The Hall–Kier alpha value is -0.540. The first-order valence-corrected chi connectivity index (χ1v) is 5.29. The maximum absolute atomic E-state index is 5.97. The van der Waals surface area contributed by atoms with Crippen molar-refractivity contribution in [1.82, 2.24) is 9.55 Å². The molecule has 1 aliphatic rings. The fourth-order valence-electron chi connectivity index (χ4n) is 2.07. The van der Waals surface area contributed by atoms with E-state index in [1.165, 1.54) is 11.5 Å². The molecule has 1 aliphatic heterocycles. The summed E-state index contributed by atoms with van der Waals surface area (Å²) in [5.74, 6) is 1.17. The van der Waals surface area contributed by atoms with Gasteiger partial charge in [-0.1, -0.05) is 20.8 Å². The van der Waals surface area contributed by atoms with Gasteiger partial charge < -0.3 is 10.3 Å². The number of nitrogens with zero attached hydrogens (tertiary/aromatic N) is 2. The highest BCUT2D eigenvalue weighted by Gasteiger charge is 2.25. The Morgan fingerprint density at radius 3 is 2.73 bits per heavy atom. The lowest BCUT2D eigenvalue weighted by Gasteiger charge is -2.26. The van der Waals surface area contributed by atoms with Gasteiger partial charge in [0.25, 0.3) is 0 Å². The van der Waals surface area contributed by atoms with E-state index in [-0.39, 0.29) is 17.8 Å². The molecule has 0 fully saturated rings. The number of halogens is 1. The van der Waals surface area contributed by atoms with Gasteiger partial charge in [0.2, 0.25) is 0 Å². The molecule has 1 unspecified atom stereocenters. The minimum Gasteiger partial charge on any atom is -0.330 e.